The molecule has 0 fully saturated rings. The summed E-state index contributed by atoms with van der Waals surface area (Å²) in [6, 6.07) is 63.0. The quantitative estimate of drug-likeness (QED) is 0.176. The molecule has 0 bridgehead atoms. The van der Waals surface area contributed by atoms with Crippen molar-refractivity contribution in [3.63, 3.8) is 0 Å². The van der Waals surface area contributed by atoms with E-state index in [0.29, 0.717) is 5.71 Å². The van der Waals surface area contributed by atoms with E-state index in [1.807, 2.05) is 24.4 Å². The first-order valence-electron chi connectivity index (χ1n) is 16.9. The van der Waals surface area contributed by atoms with Crippen molar-refractivity contribution in [1.29, 1.82) is 0 Å². The third kappa shape index (κ3) is 4.71. The van der Waals surface area contributed by atoms with Gasteiger partial charge in [-0.25, -0.2) is 4.98 Å². The molecular formula is C47H30N2O. The van der Waals surface area contributed by atoms with Crippen molar-refractivity contribution in [2.75, 3.05) is 4.90 Å². The van der Waals surface area contributed by atoms with E-state index in [1.54, 1.807) is 0 Å². The molecule has 8 aromatic carbocycles. The Morgan fingerprint density at radius 3 is 1.68 bits per heavy atom. The lowest BCUT2D eigenvalue weighted by atomic mass is 9.96. The molecule has 0 atom stereocenters. The molecule has 10 rings (SSSR count). The van der Waals surface area contributed by atoms with Gasteiger partial charge in [0.05, 0.1) is 0 Å². The van der Waals surface area contributed by atoms with Gasteiger partial charge in [-0.3, -0.25) is 0 Å². The lowest BCUT2D eigenvalue weighted by Gasteiger charge is -2.26. The number of hydrogen-bond donors (Lipinski definition) is 0. The smallest absolute Gasteiger partial charge is 0.227 e. The summed E-state index contributed by atoms with van der Waals surface area (Å²) in [4.78, 5) is 7.03. The largest absolute Gasteiger partial charge is 0.438 e. The van der Waals surface area contributed by atoms with Crippen LogP contribution in [-0.4, -0.2) is 4.98 Å². The van der Waals surface area contributed by atoms with E-state index >= 15 is 0 Å². The third-order valence-corrected chi connectivity index (χ3v) is 9.91. The second-order valence-corrected chi connectivity index (χ2v) is 12.8. The molecule has 0 unspecified atom stereocenters. The summed E-state index contributed by atoms with van der Waals surface area (Å²) >= 11 is 0. The zero-order valence-corrected chi connectivity index (χ0v) is 27.1. The van der Waals surface area contributed by atoms with E-state index in [0.717, 1.165) is 44.5 Å². The summed E-state index contributed by atoms with van der Waals surface area (Å²) in [5, 5.41) is 9.62. The number of para-hydroxylation sites is 1. The highest BCUT2D eigenvalue weighted by Gasteiger charge is 2.16. The van der Waals surface area contributed by atoms with Crippen LogP contribution in [0.4, 0.5) is 17.1 Å². The van der Waals surface area contributed by atoms with Gasteiger partial charge in [-0.2, -0.15) is 0 Å². The van der Waals surface area contributed by atoms with E-state index in [-0.39, 0.29) is 0 Å². The Morgan fingerprint density at radius 1 is 0.360 bits per heavy atom. The first-order chi connectivity index (χ1) is 24.8. The Morgan fingerprint density at radius 2 is 0.920 bits per heavy atom. The van der Waals surface area contributed by atoms with Crippen LogP contribution in [0.2, 0.25) is 0 Å². The minimum atomic E-state index is 0.661. The van der Waals surface area contributed by atoms with Gasteiger partial charge in [-0.1, -0.05) is 127 Å². The summed E-state index contributed by atoms with van der Waals surface area (Å²) in [7, 11) is 0. The predicted molar refractivity (Wildman–Crippen MR) is 210 cm³/mol. The minimum absolute atomic E-state index is 0.661. The molecule has 0 saturated heterocycles. The predicted octanol–water partition coefficient (Wildman–Crippen LogP) is 13.2. The van der Waals surface area contributed by atoms with E-state index < -0.39 is 0 Å². The Hall–Kier alpha value is -6.71. The fourth-order valence-electron chi connectivity index (χ4n) is 7.40. The topological polar surface area (TPSA) is 29.3 Å². The number of furan rings is 1. The van der Waals surface area contributed by atoms with Crippen molar-refractivity contribution in [1.82, 2.24) is 4.98 Å². The average molecular weight is 639 g/mol. The molecule has 0 radical (unpaired) electrons. The number of benzene rings is 8. The molecule has 0 aliphatic rings. The van der Waals surface area contributed by atoms with E-state index in [4.69, 9.17) is 4.42 Å². The number of fused-ring (bicyclic) bond motifs is 8. The van der Waals surface area contributed by atoms with Crippen LogP contribution in [0.1, 0.15) is 0 Å². The maximum atomic E-state index is 5.99. The van der Waals surface area contributed by atoms with E-state index in [9.17, 15) is 0 Å². The van der Waals surface area contributed by atoms with Crippen LogP contribution < -0.4 is 4.90 Å². The van der Waals surface area contributed by atoms with E-state index in [2.05, 4.69) is 168 Å². The summed E-state index contributed by atoms with van der Waals surface area (Å²) in [5.74, 6) is 0. The maximum absolute atomic E-state index is 5.99. The van der Waals surface area contributed by atoms with E-state index in [1.165, 1.54) is 43.4 Å². The van der Waals surface area contributed by atoms with Crippen molar-refractivity contribution in [3.8, 4) is 22.3 Å². The van der Waals surface area contributed by atoms with Crippen LogP contribution >= 0.6 is 0 Å². The average Bonchev–Trinajstić information content (AvgIpc) is 3.57. The van der Waals surface area contributed by atoms with Crippen molar-refractivity contribution < 1.29 is 4.42 Å². The zero-order valence-electron chi connectivity index (χ0n) is 27.1. The standard InChI is InChI=1S/C47H30N2O/c1-2-8-31(9-3-1)32-14-21-37(22-15-32)49(39-25-18-35-20-26-41-40-11-5-4-10-34(40)19-27-42(41)44(35)29-39)38-23-16-33(17-24-38)36-28-45-43-12-6-7-13-46(43)50-47(45)48-30-36/h1-30H. The lowest BCUT2D eigenvalue weighted by molar-refractivity contribution is 0.654. The summed E-state index contributed by atoms with van der Waals surface area (Å²) in [5.41, 5.74) is 9.34. The summed E-state index contributed by atoms with van der Waals surface area (Å²) in [6.45, 7) is 0. The Balaban J connectivity index is 1.11. The fourth-order valence-corrected chi connectivity index (χ4v) is 7.40. The maximum Gasteiger partial charge on any atom is 0.227 e. The highest BCUT2D eigenvalue weighted by Crippen LogP contribution is 2.40. The van der Waals surface area contributed by atoms with Gasteiger partial charge in [0.1, 0.15) is 5.58 Å². The van der Waals surface area contributed by atoms with Crippen molar-refractivity contribution >= 4 is 71.4 Å². The Labute approximate surface area is 289 Å². The van der Waals surface area contributed by atoms with Crippen molar-refractivity contribution in [2.24, 2.45) is 0 Å². The van der Waals surface area contributed by atoms with Crippen molar-refractivity contribution in [2.45, 2.75) is 0 Å². The number of aromatic nitrogens is 1. The lowest BCUT2D eigenvalue weighted by Crippen LogP contribution is -2.09. The van der Waals surface area contributed by atoms with Gasteiger partial charge in [0, 0.05) is 39.6 Å². The van der Waals surface area contributed by atoms with Crippen LogP contribution in [0.15, 0.2) is 187 Å². The molecule has 0 aliphatic carbocycles. The van der Waals surface area contributed by atoms with Crippen LogP contribution in [0, 0.1) is 0 Å². The number of pyridine rings is 1. The molecule has 2 heterocycles. The first-order valence-corrected chi connectivity index (χ1v) is 16.9. The second kappa shape index (κ2) is 11.5. The van der Waals surface area contributed by atoms with Crippen molar-refractivity contribution in [3.05, 3.63) is 182 Å². The van der Waals surface area contributed by atoms with Gasteiger partial charge in [0.25, 0.3) is 0 Å². The number of rotatable bonds is 5. The molecular weight excluding hydrogens is 609 g/mol. The van der Waals surface area contributed by atoms with Gasteiger partial charge in [0.15, 0.2) is 0 Å². The highest BCUT2D eigenvalue weighted by molar-refractivity contribution is 6.18. The molecule has 10 aromatic rings. The Kier molecular flexibility index (Phi) is 6.49. The second-order valence-electron chi connectivity index (χ2n) is 12.8. The number of anilines is 3. The molecule has 3 heteroatoms. The fraction of sp³-hybridized carbons (Fsp3) is 0. The molecule has 0 aliphatic heterocycles. The molecule has 0 saturated carbocycles. The highest BCUT2D eigenvalue weighted by atomic mass is 16.3. The third-order valence-electron chi connectivity index (χ3n) is 9.91. The van der Waals surface area contributed by atoms with Crippen LogP contribution in [-0.2, 0) is 0 Å². The number of hydrogen-bond acceptors (Lipinski definition) is 3. The molecule has 234 valence electrons. The van der Waals surface area contributed by atoms with Crippen LogP contribution in [0.5, 0.6) is 0 Å². The molecule has 0 spiro atoms. The van der Waals surface area contributed by atoms with Gasteiger partial charge >= 0.3 is 0 Å². The summed E-state index contributed by atoms with van der Waals surface area (Å²) < 4.78 is 5.99. The molecule has 50 heavy (non-hydrogen) atoms. The first kappa shape index (κ1) is 28.3. The van der Waals surface area contributed by atoms with Crippen LogP contribution in [0.25, 0.3) is 76.6 Å². The minimum Gasteiger partial charge on any atom is -0.438 e. The molecule has 0 amide bonds. The monoisotopic (exact) mass is 638 g/mol. The zero-order chi connectivity index (χ0) is 33.0. The summed E-state index contributed by atoms with van der Waals surface area (Å²) in [6.07, 6.45) is 1.90. The Bertz CT molecular complexity index is 2850. The molecule has 0 N–H and O–H groups in total. The van der Waals surface area contributed by atoms with Gasteiger partial charge < -0.3 is 9.32 Å². The number of nitrogens with zero attached hydrogens (tertiary/aromatic N) is 2. The molecule has 2 aromatic heterocycles. The van der Waals surface area contributed by atoms with Gasteiger partial charge in [-0.05, 0) is 97.5 Å². The molecule has 3 nitrogen and oxygen atoms in total. The van der Waals surface area contributed by atoms with Gasteiger partial charge in [0.2, 0.25) is 5.71 Å². The normalized spacial score (nSPS) is 11.6. The van der Waals surface area contributed by atoms with Gasteiger partial charge in [-0.15, -0.1) is 0 Å². The SMILES string of the molecule is c1ccc(-c2ccc(N(c3ccc(-c4cnc5oc6ccccc6c5c4)cc3)c3ccc4ccc5c6ccccc6ccc5c4c3)cc2)cc1. The van der Waals surface area contributed by atoms with Crippen LogP contribution in [0.3, 0.4) is 0 Å².